The van der Waals surface area contributed by atoms with Crippen LogP contribution in [0.2, 0.25) is 0 Å². The van der Waals surface area contributed by atoms with Crippen molar-refractivity contribution in [2.45, 2.75) is 40.5 Å². The van der Waals surface area contributed by atoms with Gasteiger partial charge in [-0.05, 0) is 37.8 Å². The Kier molecular flexibility index (Phi) is 7.53. The van der Waals surface area contributed by atoms with Gasteiger partial charge in [0, 0.05) is 5.56 Å². The number of ketones is 1. The molecule has 0 aromatic heterocycles. The highest BCUT2D eigenvalue weighted by atomic mass is 16.1. The largest absolute Gasteiger partial charge is 0.296 e. The molecule has 0 saturated heterocycles. The van der Waals surface area contributed by atoms with Crippen molar-refractivity contribution in [3.05, 3.63) is 35.9 Å². The van der Waals surface area contributed by atoms with Gasteiger partial charge in [0.1, 0.15) is 0 Å². The zero-order chi connectivity index (χ0) is 15.0. The number of rotatable bonds is 9. The Hall–Kier alpha value is -1.15. The molecule has 0 bridgehead atoms. The van der Waals surface area contributed by atoms with E-state index >= 15 is 0 Å². The van der Waals surface area contributed by atoms with Gasteiger partial charge in [-0.15, -0.1) is 0 Å². The van der Waals surface area contributed by atoms with E-state index in [-0.39, 0.29) is 5.78 Å². The van der Waals surface area contributed by atoms with E-state index in [1.165, 1.54) is 0 Å². The molecule has 0 radical (unpaired) electrons. The molecule has 0 saturated carbocycles. The van der Waals surface area contributed by atoms with Gasteiger partial charge in [0.25, 0.3) is 0 Å². The molecule has 0 amide bonds. The number of carbonyl (C=O) groups excluding carboxylic acids is 1. The third-order valence-corrected chi connectivity index (χ3v) is 3.51. The van der Waals surface area contributed by atoms with Crippen LogP contribution in [0.25, 0.3) is 0 Å². The lowest BCUT2D eigenvalue weighted by molar-refractivity contribution is 0.0923. The Morgan fingerprint density at radius 2 is 1.45 bits per heavy atom. The molecule has 0 atom stereocenters. The molecular formula is C18H29NO. The summed E-state index contributed by atoms with van der Waals surface area (Å²) in [7, 11) is 0. The Bertz CT molecular complexity index is 372. The number of benzene rings is 1. The molecular weight excluding hydrogens is 246 g/mol. The van der Waals surface area contributed by atoms with E-state index < -0.39 is 0 Å². The van der Waals surface area contributed by atoms with Crippen LogP contribution in [0.15, 0.2) is 30.3 Å². The second kappa shape index (κ2) is 8.91. The quantitative estimate of drug-likeness (QED) is 0.627. The van der Waals surface area contributed by atoms with Gasteiger partial charge in [-0.3, -0.25) is 9.69 Å². The van der Waals surface area contributed by atoms with Gasteiger partial charge in [-0.25, -0.2) is 0 Å². The number of hydrogen-bond donors (Lipinski definition) is 0. The Labute approximate surface area is 124 Å². The smallest absolute Gasteiger partial charge is 0.176 e. The molecule has 0 aliphatic heterocycles. The van der Waals surface area contributed by atoms with Crippen LogP contribution < -0.4 is 0 Å². The summed E-state index contributed by atoms with van der Waals surface area (Å²) in [5.41, 5.74) is 0.826. The average molecular weight is 275 g/mol. The molecule has 0 aliphatic carbocycles. The second-order valence-electron chi connectivity index (χ2n) is 6.43. The molecule has 1 rings (SSSR count). The lowest BCUT2D eigenvalue weighted by Gasteiger charge is -2.23. The number of hydrogen-bond acceptors (Lipinski definition) is 2. The molecule has 0 spiro atoms. The summed E-state index contributed by atoms with van der Waals surface area (Å²) in [4.78, 5) is 14.6. The van der Waals surface area contributed by atoms with Crippen molar-refractivity contribution in [2.75, 3.05) is 19.6 Å². The van der Waals surface area contributed by atoms with E-state index in [0.717, 1.165) is 31.5 Å². The zero-order valence-corrected chi connectivity index (χ0v) is 13.4. The maximum absolute atomic E-state index is 12.3. The highest BCUT2D eigenvalue weighted by molar-refractivity contribution is 5.97. The number of carbonyl (C=O) groups is 1. The summed E-state index contributed by atoms with van der Waals surface area (Å²) in [6.07, 6.45) is 2.31. The number of Topliss-reactive ketones (excluding diaryl/α,β-unsaturated/α-hetero) is 1. The van der Waals surface area contributed by atoms with Gasteiger partial charge in [-0.2, -0.15) is 0 Å². The molecule has 112 valence electrons. The summed E-state index contributed by atoms with van der Waals surface area (Å²) >= 11 is 0. The first-order valence-electron chi connectivity index (χ1n) is 7.79. The van der Waals surface area contributed by atoms with Crippen molar-refractivity contribution in [1.29, 1.82) is 0 Å². The molecule has 0 aliphatic rings. The van der Waals surface area contributed by atoms with Gasteiger partial charge >= 0.3 is 0 Å². The fourth-order valence-corrected chi connectivity index (χ4v) is 2.07. The van der Waals surface area contributed by atoms with Crippen LogP contribution in [0.3, 0.4) is 0 Å². The lowest BCUT2D eigenvalue weighted by Crippen LogP contribution is -2.33. The summed E-state index contributed by atoms with van der Waals surface area (Å²) in [5, 5.41) is 0. The van der Waals surface area contributed by atoms with Crippen LogP contribution in [0, 0.1) is 11.8 Å². The Morgan fingerprint density at radius 3 is 1.90 bits per heavy atom. The van der Waals surface area contributed by atoms with Crippen molar-refractivity contribution in [3.63, 3.8) is 0 Å². The van der Waals surface area contributed by atoms with E-state index in [9.17, 15) is 4.79 Å². The van der Waals surface area contributed by atoms with Crippen LogP contribution in [0.5, 0.6) is 0 Å². The SMILES string of the molecule is CC(C)CCN(CCC(C)C)CC(=O)c1ccccc1. The van der Waals surface area contributed by atoms with Crippen LogP contribution in [0.1, 0.15) is 50.9 Å². The van der Waals surface area contributed by atoms with Crippen LogP contribution in [-0.4, -0.2) is 30.3 Å². The van der Waals surface area contributed by atoms with Gasteiger partial charge in [-0.1, -0.05) is 58.0 Å². The minimum absolute atomic E-state index is 0.234. The third-order valence-electron chi connectivity index (χ3n) is 3.51. The molecule has 2 heteroatoms. The third kappa shape index (κ3) is 6.85. The predicted octanol–water partition coefficient (Wildman–Crippen LogP) is 4.26. The first-order valence-corrected chi connectivity index (χ1v) is 7.79. The zero-order valence-electron chi connectivity index (χ0n) is 13.4. The van der Waals surface area contributed by atoms with Crippen LogP contribution in [0.4, 0.5) is 0 Å². The average Bonchev–Trinajstić information content (AvgIpc) is 2.42. The molecule has 0 N–H and O–H groups in total. The molecule has 0 unspecified atom stereocenters. The van der Waals surface area contributed by atoms with Crippen molar-refractivity contribution < 1.29 is 4.79 Å². The topological polar surface area (TPSA) is 20.3 Å². The minimum atomic E-state index is 0.234. The molecule has 2 nitrogen and oxygen atoms in total. The van der Waals surface area contributed by atoms with Gasteiger partial charge in [0.2, 0.25) is 0 Å². The van der Waals surface area contributed by atoms with Crippen molar-refractivity contribution in [2.24, 2.45) is 11.8 Å². The number of nitrogens with zero attached hydrogens (tertiary/aromatic N) is 1. The summed E-state index contributed by atoms with van der Waals surface area (Å²) in [5.74, 6) is 1.60. The molecule has 0 heterocycles. The van der Waals surface area contributed by atoms with Gasteiger partial charge in [0.05, 0.1) is 6.54 Å². The predicted molar refractivity (Wildman–Crippen MR) is 86.1 cm³/mol. The fourth-order valence-electron chi connectivity index (χ4n) is 2.07. The van der Waals surface area contributed by atoms with Crippen molar-refractivity contribution >= 4 is 5.78 Å². The van der Waals surface area contributed by atoms with Gasteiger partial charge < -0.3 is 0 Å². The van der Waals surface area contributed by atoms with Crippen molar-refractivity contribution in [1.82, 2.24) is 4.90 Å². The first-order chi connectivity index (χ1) is 9.49. The minimum Gasteiger partial charge on any atom is -0.296 e. The molecule has 1 aromatic carbocycles. The maximum atomic E-state index is 12.3. The van der Waals surface area contributed by atoms with E-state index in [4.69, 9.17) is 0 Å². The van der Waals surface area contributed by atoms with E-state index in [1.807, 2.05) is 30.3 Å². The summed E-state index contributed by atoms with van der Waals surface area (Å²) < 4.78 is 0. The lowest BCUT2D eigenvalue weighted by atomic mass is 10.1. The van der Waals surface area contributed by atoms with Crippen LogP contribution >= 0.6 is 0 Å². The monoisotopic (exact) mass is 275 g/mol. The van der Waals surface area contributed by atoms with E-state index in [1.54, 1.807) is 0 Å². The Balaban J connectivity index is 2.56. The highest BCUT2D eigenvalue weighted by Gasteiger charge is 2.13. The normalized spacial score (nSPS) is 11.6. The summed E-state index contributed by atoms with van der Waals surface area (Å²) in [6.45, 7) is 11.5. The highest BCUT2D eigenvalue weighted by Crippen LogP contribution is 2.08. The standard InChI is InChI=1S/C18H29NO/c1-15(2)10-12-19(13-11-16(3)4)14-18(20)17-8-6-5-7-9-17/h5-9,15-16H,10-14H2,1-4H3. The summed E-state index contributed by atoms with van der Waals surface area (Å²) in [6, 6.07) is 9.63. The second-order valence-corrected chi connectivity index (χ2v) is 6.43. The maximum Gasteiger partial charge on any atom is 0.176 e. The molecule has 1 aromatic rings. The molecule has 0 fully saturated rings. The van der Waals surface area contributed by atoms with Crippen LogP contribution in [-0.2, 0) is 0 Å². The van der Waals surface area contributed by atoms with Gasteiger partial charge in [0.15, 0.2) is 5.78 Å². The van der Waals surface area contributed by atoms with E-state index in [0.29, 0.717) is 18.4 Å². The van der Waals surface area contributed by atoms with Crippen molar-refractivity contribution in [3.8, 4) is 0 Å². The molecule has 20 heavy (non-hydrogen) atoms. The Morgan fingerprint density at radius 1 is 0.950 bits per heavy atom. The fraction of sp³-hybridized carbons (Fsp3) is 0.611. The first kappa shape index (κ1) is 16.9. The van der Waals surface area contributed by atoms with E-state index in [2.05, 4.69) is 32.6 Å².